The summed E-state index contributed by atoms with van der Waals surface area (Å²) in [4.78, 5) is 0. The molecule has 0 aliphatic heterocycles. The molecule has 0 atom stereocenters. The Morgan fingerprint density at radius 2 is 1.69 bits per heavy atom. The summed E-state index contributed by atoms with van der Waals surface area (Å²) in [6, 6.07) is 0. The highest BCUT2D eigenvalue weighted by atomic mass is 14.2. The summed E-state index contributed by atoms with van der Waals surface area (Å²) >= 11 is 0. The highest BCUT2D eigenvalue weighted by Gasteiger charge is 2.10. The van der Waals surface area contributed by atoms with E-state index in [1.165, 1.54) is 25.7 Å². The minimum Gasteiger partial charge on any atom is -0.0848 e. The Morgan fingerprint density at radius 1 is 1.00 bits per heavy atom. The minimum absolute atomic E-state index is 0.861. The van der Waals surface area contributed by atoms with Gasteiger partial charge in [-0.15, -0.1) is 0 Å². The third kappa shape index (κ3) is 4.72. The average molecular weight is 176 g/mol. The first-order valence-electron chi connectivity index (χ1n) is 5.43. The molecular formula is C13H20. The Kier molecular flexibility index (Phi) is 5.31. The molecule has 0 bridgehead atoms. The van der Waals surface area contributed by atoms with Crippen LogP contribution in [0, 0.1) is 5.92 Å². The van der Waals surface area contributed by atoms with Crippen LogP contribution in [0.4, 0.5) is 0 Å². The van der Waals surface area contributed by atoms with E-state index < -0.39 is 0 Å². The van der Waals surface area contributed by atoms with Gasteiger partial charge in [-0.3, -0.25) is 0 Å². The summed E-state index contributed by atoms with van der Waals surface area (Å²) in [7, 11) is 0. The summed E-state index contributed by atoms with van der Waals surface area (Å²) in [5.74, 6) is 0.861. The first kappa shape index (κ1) is 10.3. The van der Waals surface area contributed by atoms with Crippen LogP contribution in [-0.4, -0.2) is 0 Å². The molecule has 72 valence electrons. The zero-order valence-electron chi connectivity index (χ0n) is 8.58. The largest absolute Gasteiger partial charge is 0.0848 e. The second-order valence-electron chi connectivity index (χ2n) is 3.65. The number of rotatable bonds is 4. The lowest BCUT2D eigenvalue weighted by molar-refractivity contribution is 0.686. The second kappa shape index (κ2) is 6.71. The smallest absolute Gasteiger partial charge is 0.0230 e. The van der Waals surface area contributed by atoms with E-state index in [4.69, 9.17) is 0 Å². The molecule has 1 fully saturated rings. The zero-order chi connectivity index (χ0) is 9.36. The quantitative estimate of drug-likeness (QED) is 0.561. The molecule has 0 aromatic rings. The molecule has 0 nitrogen and oxygen atoms in total. The molecule has 1 aliphatic rings. The summed E-state index contributed by atoms with van der Waals surface area (Å²) in [5.41, 5.74) is 0. The fraction of sp³-hybridized carbons (Fsp3) is 0.538. The van der Waals surface area contributed by atoms with Crippen LogP contribution in [0.1, 0.15) is 39.0 Å². The van der Waals surface area contributed by atoms with E-state index in [1.807, 2.05) is 0 Å². The van der Waals surface area contributed by atoms with Crippen molar-refractivity contribution in [1.82, 2.24) is 0 Å². The van der Waals surface area contributed by atoms with Crippen molar-refractivity contribution in [1.29, 1.82) is 0 Å². The Bertz CT molecular complexity index is 190. The Labute approximate surface area is 82.0 Å². The van der Waals surface area contributed by atoms with E-state index >= 15 is 0 Å². The summed E-state index contributed by atoms with van der Waals surface area (Å²) < 4.78 is 0. The van der Waals surface area contributed by atoms with Gasteiger partial charge in [0.1, 0.15) is 0 Å². The molecule has 0 N–H and O–H groups in total. The van der Waals surface area contributed by atoms with Gasteiger partial charge in [0.2, 0.25) is 0 Å². The maximum absolute atomic E-state index is 2.35. The van der Waals surface area contributed by atoms with E-state index in [2.05, 4.69) is 43.4 Å². The lowest BCUT2D eigenvalue weighted by Crippen LogP contribution is -1.83. The first-order valence-corrected chi connectivity index (χ1v) is 5.43. The summed E-state index contributed by atoms with van der Waals surface area (Å²) in [5, 5.41) is 0. The SMILES string of the molecule is CC/C=C/C=C\C=CC1CCCC1. The summed E-state index contributed by atoms with van der Waals surface area (Å²) in [6.45, 7) is 2.15. The van der Waals surface area contributed by atoms with Crippen molar-refractivity contribution < 1.29 is 0 Å². The molecule has 0 unspecified atom stereocenters. The molecule has 0 aromatic heterocycles. The Hall–Kier alpha value is -0.780. The number of allylic oxidation sites excluding steroid dienone is 6. The third-order valence-corrected chi connectivity index (χ3v) is 2.49. The van der Waals surface area contributed by atoms with Gasteiger partial charge in [-0.05, 0) is 25.2 Å². The van der Waals surface area contributed by atoms with Crippen LogP contribution in [0.25, 0.3) is 0 Å². The molecule has 0 heteroatoms. The number of hydrogen-bond acceptors (Lipinski definition) is 0. The zero-order valence-corrected chi connectivity index (χ0v) is 8.58. The lowest BCUT2D eigenvalue weighted by Gasteiger charge is -1.97. The van der Waals surface area contributed by atoms with Crippen LogP contribution < -0.4 is 0 Å². The van der Waals surface area contributed by atoms with E-state index in [1.54, 1.807) is 0 Å². The lowest BCUT2D eigenvalue weighted by atomic mass is 10.1. The maximum atomic E-state index is 2.35. The molecule has 0 aromatic carbocycles. The molecular weight excluding hydrogens is 156 g/mol. The molecule has 13 heavy (non-hydrogen) atoms. The normalized spacial score (nSPS) is 20.1. The maximum Gasteiger partial charge on any atom is -0.0230 e. The fourth-order valence-electron chi connectivity index (χ4n) is 1.71. The first-order chi connectivity index (χ1) is 6.43. The molecule has 0 amide bonds. The van der Waals surface area contributed by atoms with Crippen LogP contribution in [0.5, 0.6) is 0 Å². The van der Waals surface area contributed by atoms with Gasteiger partial charge in [0, 0.05) is 0 Å². The van der Waals surface area contributed by atoms with E-state index in [0.717, 1.165) is 12.3 Å². The van der Waals surface area contributed by atoms with Crippen LogP contribution >= 0.6 is 0 Å². The average Bonchev–Trinajstić information content (AvgIpc) is 2.63. The van der Waals surface area contributed by atoms with Crippen molar-refractivity contribution in [3.05, 3.63) is 36.5 Å². The van der Waals surface area contributed by atoms with Gasteiger partial charge < -0.3 is 0 Å². The van der Waals surface area contributed by atoms with Crippen molar-refractivity contribution in [2.24, 2.45) is 5.92 Å². The van der Waals surface area contributed by atoms with Gasteiger partial charge in [-0.2, -0.15) is 0 Å². The molecule has 1 aliphatic carbocycles. The minimum atomic E-state index is 0.861. The highest BCUT2D eigenvalue weighted by Crippen LogP contribution is 2.25. The number of hydrogen-bond donors (Lipinski definition) is 0. The predicted octanol–water partition coefficient (Wildman–Crippen LogP) is 4.26. The molecule has 1 rings (SSSR count). The highest BCUT2D eigenvalue weighted by molar-refractivity contribution is 5.11. The third-order valence-electron chi connectivity index (χ3n) is 2.49. The van der Waals surface area contributed by atoms with Crippen molar-refractivity contribution in [2.75, 3.05) is 0 Å². The Morgan fingerprint density at radius 3 is 2.38 bits per heavy atom. The van der Waals surface area contributed by atoms with Crippen LogP contribution in [0.2, 0.25) is 0 Å². The monoisotopic (exact) mass is 176 g/mol. The van der Waals surface area contributed by atoms with Crippen molar-refractivity contribution >= 4 is 0 Å². The van der Waals surface area contributed by atoms with Gasteiger partial charge in [0.15, 0.2) is 0 Å². The van der Waals surface area contributed by atoms with Gasteiger partial charge in [0.05, 0.1) is 0 Å². The van der Waals surface area contributed by atoms with E-state index in [0.29, 0.717) is 0 Å². The standard InChI is InChI=1S/C13H20/c1-2-3-4-5-6-7-10-13-11-8-9-12-13/h3-7,10,13H,2,8-9,11-12H2,1H3/b4-3+,6-5-,10-7?. The predicted molar refractivity (Wildman–Crippen MR) is 59.7 cm³/mol. The van der Waals surface area contributed by atoms with Crippen LogP contribution in [-0.2, 0) is 0 Å². The summed E-state index contributed by atoms with van der Waals surface area (Å²) in [6.07, 6.45) is 19.8. The van der Waals surface area contributed by atoms with Crippen molar-refractivity contribution in [2.45, 2.75) is 39.0 Å². The molecule has 0 radical (unpaired) electrons. The van der Waals surface area contributed by atoms with Gasteiger partial charge in [-0.1, -0.05) is 56.2 Å². The Balaban J connectivity index is 2.16. The van der Waals surface area contributed by atoms with Gasteiger partial charge in [-0.25, -0.2) is 0 Å². The molecule has 0 spiro atoms. The van der Waals surface area contributed by atoms with Gasteiger partial charge >= 0.3 is 0 Å². The molecule has 1 saturated carbocycles. The second-order valence-corrected chi connectivity index (χ2v) is 3.65. The van der Waals surface area contributed by atoms with Crippen molar-refractivity contribution in [3.63, 3.8) is 0 Å². The van der Waals surface area contributed by atoms with Crippen molar-refractivity contribution in [3.8, 4) is 0 Å². The topological polar surface area (TPSA) is 0 Å². The van der Waals surface area contributed by atoms with E-state index in [-0.39, 0.29) is 0 Å². The van der Waals surface area contributed by atoms with E-state index in [9.17, 15) is 0 Å². The van der Waals surface area contributed by atoms with Crippen LogP contribution in [0.3, 0.4) is 0 Å². The van der Waals surface area contributed by atoms with Gasteiger partial charge in [0.25, 0.3) is 0 Å². The van der Waals surface area contributed by atoms with Crippen LogP contribution in [0.15, 0.2) is 36.5 Å². The molecule has 0 heterocycles. The fourth-order valence-corrected chi connectivity index (χ4v) is 1.71. The molecule has 0 saturated heterocycles.